The van der Waals surface area contributed by atoms with Crippen LogP contribution in [0.5, 0.6) is 0 Å². The molecule has 2 unspecified atom stereocenters. The standard InChI is InChI=1S/C10H15Cl2NOS2/c1-3-16(14)5-4-13-7(2)8-6-9(11)15-10(8)12/h6-7,13H,3-5H2,1-2H3. The van der Waals surface area contributed by atoms with E-state index in [1.165, 1.54) is 11.3 Å². The van der Waals surface area contributed by atoms with Crippen molar-refractivity contribution in [2.45, 2.75) is 19.9 Å². The summed E-state index contributed by atoms with van der Waals surface area (Å²) in [7, 11) is -0.719. The van der Waals surface area contributed by atoms with Crippen LogP contribution in [0.4, 0.5) is 0 Å². The first-order valence-corrected chi connectivity index (χ1v) is 8.13. The molecule has 0 spiro atoms. The highest BCUT2D eigenvalue weighted by Crippen LogP contribution is 2.34. The van der Waals surface area contributed by atoms with Crippen LogP contribution in [0, 0.1) is 0 Å². The average Bonchev–Trinajstić information content (AvgIpc) is 2.57. The number of hydrogen-bond donors (Lipinski definition) is 1. The van der Waals surface area contributed by atoms with Crippen LogP contribution in [0.2, 0.25) is 8.67 Å². The minimum atomic E-state index is -0.719. The molecule has 1 N–H and O–H groups in total. The van der Waals surface area contributed by atoms with E-state index in [9.17, 15) is 4.21 Å². The Labute approximate surface area is 113 Å². The number of nitrogens with one attached hydrogen (secondary N) is 1. The van der Waals surface area contributed by atoms with E-state index in [0.29, 0.717) is 15.8 Å². The molecule has 0 aromatic carbocycles. The van der Waals surface area contributed by atoms with Crippen molar-refractivity contribution in [1.82, 2.24) is 5.32 Å². The lowest BCUT2D eigenvalue weighted by Crippen LogP contribution is -2.24. The van der Waals surface area contributed by atoms with Gasteiger partial charge in [0, 0.05) is 34.9 Å². The number of rotatable bonds is 6. The Morgan fingerprint density at radius 1 is 1.56 bits per heavy atom. The summed E-state index contributed by atoms with van der Waals surface area (Å²) >= 11 is 13.3. The van der Waals surface area contributed by atoms with Gasteiger partial charge in [-0.3, -0.25) is 4.21 Å². The minimum Gasteiger partial charge on any atom is -0.309 e. The molecular formula is C10H15Cl2NOS2. The summed E-state index contributed by atoms with van der Waals surface area (Å²) in [6, 6.07) is 2.02. The van der Waals surface area contributed by atoms with Gasteiger partial charge in [0.05, 0.1) is 8.67 Å². The van der Waals surface area contributed by atoms with E-state index < -0.39 is 10.8 Å². The van der Waals surface area contributed by atoms with Gasteiger partial charge < -0.3 is 5.32 Å². The van der Waals surface area contributed by atoms with Gasteiger partial charge in [0.25, 0.3) is 0 Å². The number of thiophene rings is 1. The van der Waals surface area contributed by atoms with Gasteiger partial charge in [0.15, 0.2) is 0 Å². The first-order chi connectivity index (χ1) is 7.54. The van der Waals surface area contributed by atoms with E-state index in [1.54, 1.807) is 0 Å². The Hall–Kier alpha value is 0.390. The Morgan fingerprint density at radius 3 is 2.75 bits per heavy atom. The second-order valence-corrected chi connectivity index (χ2v) is 7.54. The SMILES string of the molecule is CCS(=O)CCNC(C)c1cc(Cl)sc1Cl. The molecule has 92 valence electrons. The quantitative estimate of drug-likeness (QED) is 0.871. The maximum atomic E-state index is 11.2. The summed E-state index contributed by atoms with van der Waals surface area (Å²) in [6.45, 7) is 4.68. The van der Waals surface area contributed by atoms with Crippen LogP contribution in [-0.4, -0.2) is 22.3 Å². The van der Waals surface area contributed by atoms with Gasteiger partial charge in [-0.15, -0.1) is 11.3 Å². The molecule has 0 aliphatic rings. The Balaban J connectivity index is 2.43. The predicted molar refractivity (Wildman–Crippen MR) is 74.3 cm³/mol. The van der Waals surface area contributed by atoms with Crippen LogP contribution in [0.25, 0.3) is 0 Å². The van der Waals surface area contributed by atoms with Crippen LogP contribution in [0.1, 0.15) is 25.5 Å². The molecule has 1 aromatic heterocycles. The largest absolute Gasteiger partial charge is 0.309 e. The summed E-state index contributed by atoms with van der Waals surface area (Å²) in [5.74, 6) is 1.39. The lowest BCUT2D eigenvalue weighted by molar-refractivity contribution is 0.598. The molecule has 0 fully saturated rings. The van der Waals surface area contributed by atoms with Crippen molar-refractivity contribution in [3.05, 3.63) is 20.3 Å². The zero-order chi connectivity index (χ0) is 12.1. The molecule has 0 aliphatic carbocycles. The lowest BCUT2D eigenvalue weighted by Gasteiger charge is -2.12. The van der Waals surface area contributed by atoms with Crippen LogP contribution in [0.15, 0.2) is 6.07 Å². The van der Waals surface area contributed by atoms with E-state index in [1.807, 2.05) is 19.9 Å². The third-order valence-electron chi connectivity index (χ3n) is 2.25. The third kappa shape index (κ3) is 4.34. The number of halogens is 2. The van der Waals surface area contributed by atoms with Crippen LogP contribution < -0.4 is 5.32 Å². The van der Waals surface area contributed by atoms with Gasteiger partial charge in [-0.1, -0.05) is 30.1 Å². The zero-order valence-corrected chi connectivity index (χ0v) is 12.4. The molecule has 6 heteroatoms. The molecule has 16 heavy (non-hydrogen) atoms. The molecule has 1 rings (SSSR count). The van der Waals surface area contributed by atoms with Crippen molar-refractivity contribution in [3.63, 3.8) is 0 Å². The fourth-order valence-electron chi connectivity index (χ4n) is 1.29. The predicted octanol–water partition coefficient (Wildman–Crippen LogP) is 3.47. The molecule has 2 atom stereocenters. The van der Waals surface area contributed by atoms with Crippen molar-refractivity contribution in [1.29, 1.82) is 0 Å². The maximum Gasteiger partial charge on any atom is 0.0991 e. The zero-order valence-electron chi connectivity index (χ0n) is 9.26. The minimum absolute atomic E-state index is 0.144. The molecule has 0 bridgehead atoms. The molecule has 0 amide bonds. The lowest BCUT2D eigenvalue weighted by atomic mass is 10.2. The van der Waals surface area contributed by atoms with Crippen molar-refractivity contribution < 1.29 is 4.21 Å². The second kappa shape index (κ2) is 6.97. The molecule has 1 aromatic rings. The smallest absolute Gasteiger partial charge is 0.0991 e. The second-order valence-electron chi connectivity index (χ2n) is 3.39. The van der Waals surface area contributed by atoms with E-state index in [4.69, 9.17) is 23.2 Å². The van der Waals surface area contributed by atoms with E-state index in [-0.39, 0.29) is 6.04 Å². The summed E-state index contributed by atoms with van der Waals surface area (Å²) in [6.07, 6.45) is 0. The van der Waals surface area contributed by atoms with E-state index >= 15 is 0 Å². The van der Waals surface area contributed by atoms with Gasteiger partial charge in [0.2, 0.25) is 0 Å². The van der Waals surface area contributed by atoms with E-state index in [2.05, 4.69) is 5.32 Å². The molecular weight excluding hydrogens is 285 g/mol. The van der Waals surface area contributed by atoms with Gasteiger partial charge in [-0.2, -0.15) is 0 Å². The third-order valence-corrected chi connectivity index (χ3v) is 5.07. The highest BCUT2D eigenvalue weighted by Gasteiger charge is 2.12. The summed E-state index contributed by atoms with van der Waals surface area (Å²) in [5, 5.41) is 3.29. The normalized spacial score (nSPS) is 15.0. The van der Waals surface area contributed by atoms with Crippen LogP contribution in [-0.2, 0) is 10.8 Å². The Bertz CT molecular complexity index is 368. The van der Waals surface area contributed by atoms with Gasteiger partial charge in [0.1, 0.15) is 0 Å². The maximum absolute atomic E-state index is 11.2. The topological polar surface area (TPSA) is 29.1 Å². The van der Waals surface area contributed by atoms with E-state index in [0.717, 1.165) is 16.4 Å². The fraction of sp³-hybridized carbons (Fsp3) is 0.600. The summed E-state index contributed by atoms with van der Waals surface area (Å²) in [5.41, 5.74) is 1.01. The number of hydrogen-bond acceptors (Lipinski definition) is 3. The van der Waals surface area contributed by atoms with Gasteiger partial charge in [-0.05, 0) is 18.6 Å². The van der Waals surface area contributed by atoms with Crippen molar-refractivity contribution >= 4 is 45.3 Å². The molecule has 0 radical (unpaired) electrons. The molecule has 0 saturated carbocycles. The average molecular weight is 300 g/mol. The monoisotopic (exact) mass is 299 g/mol. The molecule has 2 nitrogen and oxygen atoms in total. The first kappa shape index (κ1) is 14.5. The molecule has 1 heterocycles. The van der Waals surface area contributed by atoms with Gasteiger partial charge >= 0.3 is 0 Å². The van der Waals surface area contributed by atoms with Crippen LogP contribution in [0.3, 0.4) is 0 Å². The highest BCUT2D eigenvalue weighted by atomic mass is 35.5. The Morgan fingerprint density at radius 2 is 2.25 bits per heavy atom. The Kier molecular flexibility index (Phi) is 6.29. The van der Waals surface area contributed by atoms with Crippen LogP contribution >= 0.6 is 34.5 Å². The van der Waals surface area contributed by atoms with Crippen molar-refractivity contribution in [3.8, 4) is 0 Å². The fourth-order valence-corrected chi connectivity index (χ4v) is 3.57. The molecule has 0 saturated heterocycles. The molecule has 0 aliphatic heterocycles. The summed E-state index contributed by atoms with van der Waals surface area (Å²) in [4.78, 5) is 0. The van der Waals surface area contributed by atoms with Crippen molar-refractivity contribution in [2.75, 3.05) is 18.1 Å². The van der Waals surface area contributed by atoms with Gasteiger partial charge in [-0.25, -0.2) is 0 Å². The van der Waals surface area contributed by atoms with Crippen molar-refractivity contribution in [2.24, 2.45) is 0 Å². The first-order valence-electron chi connectivity index (χ1n) is 5.07. The summed E-state index contributed by atoms with van der Waals surface area (Å²) < 4.78 is 12.7. The highest BCUT2D eigenvalue weighted by molar-refractivity contribution is 7.84.